The predicted molar refractivity (Wildman–Crippen MR) is 95.0 cm³/mol. The van der Waals surface area contributed by atoms with E-state index in [2.05, 4.69) is 20.1 Å². The van der Waals surface area contributed by atoms with E-state index in [1.165, 1.54) is 0 Å². The summed E-state index contributed by atoms with van der Waals surface area (Å²) < 4.78 is 1.80. The van der Waals surface area contributed by atoms with Gasteiger partial charge in [0.2, 0.25) is 0 Å². The van der Waals surface area contributed by atoms with E-state index in [1.807, 2.05) is 30.5 Å². The Labute approximate surface area is 148 Å². The number of pyridine rings is 3. The van der Waals surface area contributed by atoms with Crippen LogP contribution in [0.3, 0.4) is 0 Å². The number of aromatic nitrogens is 5. The van der Waals surface area contributed by atoms with Crippen LogP contribution in [0.5, 0.6) is 0 Å². The van der Waals surface area contributed by atoms with Crippen LogP contribution in [0.2, 0.25) is 5.15 Å². The minimum Gasteiger partial charge on any atom is -0.390 e. The van der Waals surface area contributed by atoms with Crippen LogP contribution in [0.4, 0.5) is 0 Å². The Balaban J connectivity index is 1.62. The summed E-state index contributed by atoms with van der Waals surface area (Å²) in [6.07, 6.45) is 5.51. The van der Waals surface area contributed by atoms with Crippen LogP contribution in [0.15, 0.2) is 55.0 Å². The summed E-state index contributed by atoms with van der Waals surface area (Å²) in [6, 6.07) is 11.1. The highest BCUT2D eigenvalue weighted by atomic mass is 35.5. The van der Waals surface area contributed by atoms with E-state index >= 15 is 0 Å². The molecule has 4 aromatic heterocycles. The maximum atomic E-state index is 9.18. The van der Waals surface area contributed by atoms with Gasteiger partial charge in [-0.1, -0.05) is 17.7 Å². The smallest absolute Gasteiger partial charge is 0.129 e. The third-order valence-corrected chi connectivity index (χ3v) is 4.03. The normalized spacial score (nSPS) is 11.1. The summed E-state index contributed by atoms with van der Waals surface area (Å²) >= 11 is 5.96. The number of rotatable bonds is 4. The second-order valence-corrected chi connectivity index (χ2v) is 5.99. The average molecular weight is 352 g/mol. The Kier molecular flexibility index (Phi) is 4.13. The van der Waals surface area contributed by atoms with Gasteiger partial charge >= 0.3 is 0 Å². The Hall–Kier alpha value is -2.83. The molecule has 0 aliphatic heterocycles. The minimum absolute atomic E-state index is 0.0729. The van der Waals surface area contributed by atoms with Crippen molar-refractivity contribution in [1.29, 1.82) is 0 Å². The lowest BCUT2D eigenvalue weighted by Crippen LogP contribution is -2.03. The highest BCUT2D eigenvalue weighted by Crippen LogP contribution is 2.22. The predicted octanol–water partition coefficient (Wildman–Crippen LogP) is 3.08. The van der Waals surface area contributed by atoms with Crippen LogP contribution in [-0.2, 0) is 13.2 Å². The third-order valence-electron chi connectivity index (χ3n) is 3.82. The van der Waals surface area contributed by atoms with Crippen molar-refractivity contribution >= 4 is 22.6 Å². The molecule has 4 heterocycles. The van der Waals surface area contributed by atoms with Crippen molar-refractivity contribution in [3.63, 3.8) is 0 Å². The summed E-state index contributed by atoms with van der Waals surface area (Å²) in [5.74, 6) is 0. The molecule has 6 nitrogen and oxygen atoms in total. The van der Waals surface area contributed by atoms with Crippen molar-refractivity contribution in [2.45, 2.75) is 13.2 Å². The molecule has 4 rings (SSSR count). The number of fused-ring (bicyclic) bond motifs is 1. The zero-order valence-corrected chi connectivity index (χ0v) is 13.9. The van der Waals surface area contributed by atoms with Crippen LogP contribution >= 0.6 is 11.6 Å². The van der Waals surface area contributed by atoms with Gasteiger partial charge in [-0.3, -0.25) is 14.6 Å². The number of halogens is 1. The molecule has 0 saturated carbocycles. The summed E-state index contributed by atoms with van der Waals surface area (Å²) in [6.45, 7) is 0.454. The van der Waals surface area contributed by atoms with Crippen molar-refractivity contribution in [2.24, 2.45) is 0 Å². The lowest BCUT2D eigenvalue weighted by molar-refractivity contribution is 0.276. The highest BCUT2D eigenvalue weighted by molar-refractivity contribution is 6.29. The molecule has 0 atom stereocenters. The molecule has 0 aromatic carbocycles. The van der Waals surface area contributed by atoms with Crippen LogP contribution in [-0.4, -0.2) is 29.8 Å². The molecule has 25 heavy (non-hydrogen) atoms. The largest absolute Gasteiger partial charge is 0.390 e. The van der Waals surface area contributed by atoms with E-state index in [4.69, 9.17) is 11.6 Å². The molecular weight excluding hydrogens is 338 g/mol. The second-order valence-electron chi connectivity index (χ2n) is 5.60. The lowest BCUT2D eigenvalue weighted by atomic mass is 10.1. The molecule has 0 fully saturated rings. The van der Waals surface area contributed by atoms with E-state index in [0.29, 0.717) is 17.4 Å². The van der Waals surface area contributed by atoms with E-state index in [0.717, 1.165) is 27.9 Å². The first-order chi connectivity index (χ1) is 12.2. The Morgan fingerprint density at radius 2 is 1.84 bits per heavy atom. The molecule has 124 valence electrons. The van der Waals surface area contributed by atoms with Gasteiger partial charge in [-0.2, -0.15) is 5.10 Å². The van der Waals surface area contributed by atoms with Gasteiger partial charge in [0.05, 0.1) is 41.8 Å². The van der Waals surface area contributed by atoms with E-state index in [9.17, 15) is 5.11 Å². The van der Waals surface area contributed by atoms with Crippen LogP contribution in [0.25, 0.3) is 22.2 Å². The van der Waals surface area contributed by atoms with Crippen molar-refractivity contribution in [3.05, 3.63) is 71.5 Å². The first kappa shape index (κ1) is 15.7. The van der Waals surface area contributed by atoms with Gasteiger partial charge in [-0.15, -0.1) is 0 Å². The highest BCUT2D eigenvalue weighted by Gasteiger charge is 2.06. The lowest BCUT2D eigenvalue weighted by Gasteiger charge is -2.03. The molecule has 4 aromatic rings. The maximum Gasteiger partial charge on any atom is 0.129 e. The molecular formula is C18H14ClN5O. The molecule has 0 spiro atoms. The van der Waals surface area contributed by atoms with E-state index in [-0.39, 0.29) is 6.61 Å². The fourth-order valence-electron chi connectivity index (χ4n) is 2.61. The first-order valence-electron chi connectivity index (χ1n) is 7.72. The number of aliphatic hydroxyl groups is 1. The van der Waals surface area contributed by atoms with Gasteiger partial charge in [0.1, 0.15) is 5.15 Å². The topological polar surface area (TPSA) is 76.7 Å². The van der Waals surface area contributed by atoms with Crippen molar-refractivity contribution in [1.82, 2.24) is 24.7 Å². The Morgan fingerprint density at radius 3 is 2.72 bits per heavy atom. The summed E-state index contributed by atoms with van der Waals surface area (Å²) in [5.41, 5.74) is 4.89. The number of nitrogens with zero attached hydrogens (tertiary/aromatic N) is 5. The van der Waals surface area contributed by atoms with Gasteiger partial charge in [-0.25, -0.2) is 4.98 Å². The maximum absolute atomic E-state index is 9.18. The van der Waals surface area contributed by atoms with Crippen molar-refractivity contribution in [2.75, 3.05) is 0 Å². The Morgan fingerprint density at radius 1 is 0.960 bits per heavy atom. The Bertz CT molecular complexity index is 1050. The fourth-order valence-corrected chi connectivity index (χ4v) is 2.76. The third kappa shape index (κ3) is 3.35. The zero-order valence-electron chi connectivity index (χ0n) is 13.2. The standard InChI is InChI=1S/C18H14ClN5O/c19-18-5-4-16-17(23-18)6-12(7-20-16)13-8-21-24(9-13)10-14-2-1-3-15(11-25)22-14/h1-9,25H,10-11H2. The van der Waals surface area contributed by atoms with Crippen LogP contribution in [0, 0.1) is 0 Å². The average Bonchev–Trinajstić information content (AvgIpc) is 3.09. The van der Waals surface area contributed by atoms with Gasteiger partial charge in [0, 0.05) is 23.5 Å². The molecule has 7 heteroatoms. The SMILES string of the molecule is OCc1cccc(Cn2cc(-c3cnc4ccc(Cl)nc4c3)cn2)n1. The summed E-state index contributed by atoms with van der Waals surface area (Å²) in [5, 5.41) is 14.0. The molecule has 0 aliphatic carbocycles. The summed E-state index contributed by atoms with van der Waals surface area (Å²) in [4.78, 5) is 13.1. The fraction of sp³-hybridized carbons (Fsp3) is 0.111. The van der Waals surface area contributed by atoms with Crippen molar-refractivity contribution in [3.8, 4) is 11.1 Å². The minimum atomic E-state index is -0.0729. The molecule has 0 bridgehead atoms. The van der Waals surface area contributed by atoms with Crippen LogP contribution < -0.4 is 0 Å². The first-order valence-corrected chi connectivity index (χ1v) is 8.10. The second kappa shape index (κ2) is 6.58. The van der Waals surface area contributed by atoms with Gasteiger partial charge < -0.3 is 5.11 Å². The number of hydrogen-bond acceptors (Lipinski definition) is 5. The van der Waals surface area contributed by atoms with Gasteiger partial charge in [0.15, 0.2) is 0 Å². The van der Waals surface area contributed by atoms with Gasteiger partial charge in [-0.05, 0) is 30.3 Å². The van der Waals surface area contributed by atoms with Gasteiger partial charge in [0.25, 0.3) is 0 Å². The monoisotopic (exact) mass is 351 g/mol. The molecule has 0 aliphatic rings. The molecule has 0 amide bonds. The van der Waals surface area contributed by atoms with Crippen molar-refractivity contribution < 1.29 is 5.11 Å². The molecule has 0 radical (unpaired) electrons. The zero-order chi connectivity index (χ0) is 17.2. The summed E-state index contributed by atoms with van der Waals surface area (Å²) in [7, 11) is 0. The molecule has 1 N–H and O–H groups in total. The quantitative estimate of drug-likeness (QED) is 0.572. The number of aliphatic hydroxyl groups excluding tert-OH is 1. The molecule has 0 saturated heterocycles. The molecule has 0 unspecified atom stereocenters. The van der Waals surface area contributed by atoms with Crippen LogP contribution in [0.1, 0.15) is 11.4 Å². The number of hydrogen-bond donors (Lipinski definition) is 1. The van der Waals surface area contributed by atoms with E-state index in [1.54, 1.807) is 29.2 Å². The van der Waals surface area contributed by atoms with E-state index < -0.39 is 0 Å².